The third-order valence-electron chi connectivity index (χ3n) is 4.28. The summed E-state index contributed by atoms with van der Waals surface area (Å²) in [6.07, 6.45) is 6.79. The van der Waals surface area contributed by atoms with Crippen LogP contribution in [-0.2, 0) is 13.5 Å². The molecule has 0 radical (unpaired) electrons. The molecule has 0 amide bonds. The van der Waals surface area contributed by atoms with Gasteiger partial charge in [-0.1, -0.05) is 13.8 Å². The number of nitrogens with zero attached hydrogens (tertiary/aromatic N) is 6. The quantitative estimate of drug-likeness (QED) is 0.704. The fourth-order valence-electron chi connectivity index (χ4n) is 3.19. The SMILES string of the molecule is CC(C)Cc1ncnc(N2CCC[C@@H](c3nncn3C)C2)c1I. The van der Waals surface area contributed by atoms with E-state index in [0.717, 1.165) is 49.7 Å². The number of halogens is 1. The first-order chi connectivity index (χ1) is 11.1. The Labute approximate surface area is 150 Å². The first kappa shape index (κ1) is 16.6. The van der Waals surface area contributed by atoms with Gasteiger partial charge in [0.15, 0.2) is 0 Å². The van der Waals surface area contributed by atoms with Gasteiger partial charge in [-0.25, -0.2) is 9.97 Å². The minimum absolute atomic E-state index is 0.413. The average molecular weight is 426 g/mol. The summed E-state index contributed by atoms with van der Waals surface area (Å²) >= 11 is 2.40. The van der Waals surface area contributed by atoms with Crippen LogP contribution in [0.2, 0.25) is 0 Å². The lowest BCUT2D eigenvalue weighted by Crippen LogP contribution is -2.36. The van der Waals surface area contributed by atoms with Crippen LogP contribution in [0.1, 0.15) is 44.1 Å². The largest absolute Gasteiger partial charge is 0.355 e. The lowest BCUT2D eigenvalue weighted by Gasteiger charge is -2.33. The first-order valence-corrected chi connectivity index (χ1v) is 9.22. The number of aryl methyl sites for hydroxylation is 1. The molecule has 3 rings (SSSR count). The Balaban J connectivity index is 1.83. The third-order valence-corrected chi connectivity index (χ3v) is 5.38. The van der Waals surface area contributed by atoms with Crippen molar-refractivity contribution in [1.82, 2.24) is 24.7 Å². The monoisotopic (exact) mass is 426 g/mol. The van der Waals surface area contributed by atoms with Gasteiger partial charge in [0, 0.05) is 26.1 Å². The van der Waals surface area contributed by atoms with Crippen molar-refractivity contribution in [3.05, 3.63) is 27.7 Å². The van der Waals surface area contributed by atoms with Gasteiger partial charge in [-0.2, -0.15) is 0 Å². The molecule has 1 fully saturated rings. The van der Waals surface area contributed by atoms with Crippen LogP contribution in [0.25, 0.3) is 0 Å². The second kappa shape index (κ2) is 7.11. The highest BCUT2D eigenvalue weighted by atomic mass is 127. The molecule has 0 N–H and O–H groups in total. The van der Waals surface area contributed by atoms with Crippen LogP contribution in [0.3, 0.4) is 0 Å². The Hall–Kier alpha value is -1.25. The molecule has 1 aliphatic heterocycles. The van der Waals surface area contributed by atoms with Gasteiger partial charge in [0.1, 0.15) is 24.3 Å². The van der Waals surface area contributed by atoms with Crippen molar-refractivity contribution in [2.45, 2.75) is 39.0 Å². The molecule has 1 saturated heterocycles. The van der Waals surface area contributed by atoms with E-state index in [-0.39, 0.29) is 0 Å². The Morgan fingerprint density at radius 1 is 1.35 bits per heavy atom. The fraction of sp³-hybridized carbons (Fsp3) is 0.625. The molecule has 0 bridgehead atoms. The lowest BCUT2D eigenvalue weighted by molar-refractivity contribution is 0.476. The van der Waals surface area contributed by atoms with E-state index in [9.17, 15) is 0 Å². The van der Waals surface area contributed by atoms with Gasteiger partial charge in [-0.05, 0) is 47.8 Å². The lowest BCUT2D eigenvalue weighted by atomic mass is 9.97. The van der Waals surface area contributed by atoms with Crippen LogP contribution in [0, 0.1) is 9.49 Å². The molecule has 7 heteroatoms. The highest BCUT2D eigenvalue weighted by molar-refractivity contribution is 14.1. The van der Waals surface area contributed by atoms with Gasteiger partial charge < -0.3 is 9.47 Å². The predicted octanol–water partition coefficient (Wildman–Crippen LogP) is 2.79. The zero-order valence-corrected chi connectivity index (χ0v) is 16.1. The van der Waals surface area contributed by atoms with E-state index < -0.39 is 0 Å². The maximum absolute atomic E-state index is 4.57. The molecule has 0 unspecified atom stereocenters. The average Bonchev–Trinajstić information content (AvgIpc) is 2.95. The Kier molecular flexibility index (Phi) is 5.13. The van der Waals surface area contributed by atoms with Crippen molar-refractivity contribution in [3.63, 3.8) is 0 Å². The van der Waals surface area contributed by atoms with E-state index in [1.54, 1.807) is 12.7 Å². The summed E-state index contributed by atoms with van der Waals surface area (Å²) in [6, 6.07) is 0. The smallest absolute Gasteiger partial charge is 0.145 e. The summed E-state index contributed by atoms with van der Waals surface area (Å²) < 4.78 is 3.22. The maximum Gasteiger partial charge on any atom is 0.145 e. The normalized spacial score (nSPS) is 18.7. The zero-order chi connectivity index (χ0) is 16.4. The molecule has 3 heterocycles. The molecule has 1 atom stereocenters. The van der Waals surface area contributed by atoms with Crippen LogP contribution in [0.15, 0.2) is 12.7 Å². The standard InChI is InChI=1S/C16H23IN6/c1-11(2)7-13-14(17)16(19-9-18-13)23-6-4-5-12(8-23)15-21-20-10-22(15)3/h9-12H,4-8H2,1-3H3/t12-/m1/s1. The number of anilines is 1. The molecule has 1 aliphatic rings. The third kappa shape index (κ3) is 3.64. The van der Waals surface area contributed by atoms with Gasteiger partial charge in [-0.15, -0.1) is 10.2 Å². The first-order valence-electron chi connectivity index (χ1n) is 8.14. The molecule has 2 aromatic heterocycles. The number of aromatic nitrogens is 5. The van der Waals surface area contributed by atoms with Crippen LogP contribution < -0.4 is 4.90 Å². The number of hydrogen-bond donors (Lipinski definition) is 0. The van der Waals surface area contributed by atoms with Gasteiger partial charge in [0.2, 0.25) is 0 Å². The molecule has 0 saturated carbocycles. The summed E-state index contributed by atoms with van der Waals surface area (Å²) in [6.45, 7) is 6.44. The molecule has 23 heavy (non-hydrogen) atoms. The number of hydrogen-bond acceptors (Lipinski definition) is 5. The highest BCUT2D eigenvalue weighted by Crippen LogP contribution is 2.31. The van der Waals surface area contributed by atoms with E-state index >= 15 is 0 Å². The molecule has 124 valence electrons. The van der Waals surface area contributed by atoms with Crippen molar-refractivity contribution in [1.29, 1.82) is 0 Å². The fourth-order valence-corrected chi connectivity index (χ4v) is 4.03. The Morgan fingerprint density at radius 3 is 2.87 bits per heavy atom. The van der Waals surface area contributed by atoms with Gasteiger partial charge in [0.05, 0.1) is 9.26 Å². The summed E-state index contributed by atoms with van der Waals surface area (Å²) in [5, 5.41) is 8.32. The van der Waals surface area contributed by atoms with Gasteiger partial charge >= 0.3 is 0 Å². The molecule has 6 nitrogen and oxygen atoms in total. The summed E-state index contributed by atoms with van der Waals surface area (Å²) in [5.41, 5.74) is 1.16. The minimum atomic E-state index is 0.413. The summed E-state index contributed by atoms with van der Waals surface area (Å²) in [5.74, 6) is 3.15. The van der Waals surface area contributed by atoms with Crippen molar-refractivity contribution in [3.8, 4) is 0 Å². The Bertz CT molecular complexity index is 668. The van der Waals surface area contributed by atoms with E-state index in [2.05, 4.69) is 61.5 Å². The summed E-state index contributed by atoms with van der Waals surface area (Å²) in [7, 11) is 2.02. The van der Waals surface area contributed by atoms with E-state index in [0.29, 0.717) is 11.8 Å². The minimum Gasteiger partial charge on any atom is -0.355 e. The second-order valence-corrected chi connectivity index (χ2v) is 7.72. The van der Waals surface area contributed by atoms with E-state index in [1.165, 1.54) is 3.57 Å². The van der Waals surface area contributed by atoms with Crippen LogP contribution in [-0.4, -0.2) is 37.8 Å². The number of piperidine rings is 1. The maximum atomic E-state index is 4.57. The molecule has 0 spiro atoms. The van der Waals surface area contributed by atoms with Crippen molar-refractivity contribution in [2.24, 2.45) is 13.0 Å². The Morgan fingerprint density at radius 2 is 2.17 bits per heavy atom. The van der Waals surface area contributed by atoms with Crippen LogP contribution in [0.5, 0.6) is 0 Å². The number of rotatable bonds is 4. The second-order valence-electron chi connectivity index (χ2n) is 6.64. The molecule has 0 aromatic carbocycles. The van der Waals surface area contributed by atoms with Crippen LogP contribution >= 0.6 is 22.6 Å². The molecule has 2 aromatic rings. The van der Waals surface area contributed by atoms with Gasteiger partial charge in [-0.3, -0.25) is 0 Å². The van der Waals surface area contributed by atoms with Crippen molar-refractivity contribution in [2.75, 3.05) is 18.0 Å². The van der Waals surface area contributed by atoms with Crippen molar-refractivity contribution < 1.29 is 0 Å². The topological polar surface area (TPSA) is 59.7 Å². The zero-order valence-electron chi connectivity index (χ0n) is 13.9. The predicted molar refractivity (Wildman–Crippen MR) is 98.5 cm³/mol. The van der Waals surface area contributed by atoms with Crippen LogP contribution in [0.4, 0.5) is 5.82 Å². The molecule has 0 aliphatic carbocycles. The highest BCUT2D eigenvalue weighted by Gasteiger charge is 2.27. The van der Waals surface area contributed by atoms with E-state index in [4.69, 9.17) is 0 Å². The summed E-state index contributed by atoms with van der Waals surface area (Å²) in [4.78, 5) is 11.4. The molecular weight excluding hydrogens is 403 g/mol. The van der Waals surface area contributed by atoms with Gasteiger partial charge in [0.25, 0.3) is 0 Å². The molecular formula is C16H23IN6. The van der Waals surface area contributed by atoms with E-state index in [1.807, 2.05) is 11.6 Å². The van der Waals surface area contributed by atoms with Crippen molar-refractivity contribution >= 4 is 28.4 Å².